The number of carbonyl (C=O) groups is 1. The van der Waals surface area contributed by atoms with Gasteiger partial charge in [-0.1, -0.05) is 11.2 Å². The highest BCUT2D eigenvalue weighted by atomic mass is 16.5. The van der Waals surface area contributed by atoms with E-state index >= 15 is 0 Å². The molecule has 1 aromatic carbocycles. The molecule has 0 saturated heterocycles. The van der Waals surface area contributed by atoms with Gasteiger partial charge in [0.1, 0.15) is 18.1 Å². The van der Waals surface area contributed by atoms with Crippen LogP contribution in [0.5, 0.6) is 5.75 Å². The third kappa shape index (κ3) is 3.13. The van der Waals surface area contributed by atoms with Crippen molar-refractivity contribution in [1.29, 1.82) is 0 Å². The first-order chi connectivity index (χ1) is 10.5. The Morgan fingerprint density at radius 2 is 2.09 bits per heavy atom. The Hall–Kier alpha value is -2.30. The summed E-state index contributed by atoms with van der Waals surface area (Å²) in [4.78, 5) is 12.2. The molecule has 1 N–H and O–H groups in total. The van der Waals surface area contributed by atoms with Crippen LogP contribution in [0.4, 0.5) is 0 Å². The van der Waals surface area contributed by atoms with Crippen molar-refractivity contribution in [3.8, 4) is 5.75 Å². The Balaban J connectivity index is 1.72. The van der Waals surface area contributed by atoms with Crippen molar-refractivity contribution in [2.45, 2.75) is 46.3 Å². The third-order valence-corrected chi connectivity index (χ3v) is 3.97. The maximum Gasteiger partial charge on any atom is 0.274 e. The van der Waals surface area contributed by atoms with Gasteiger partial charge in [-0.25, -0.2) is 0 Å². The van der Waals surface area contributed by atoms with E-state index in [2.05, 4.69) is 17.4 Å². The number of carbonyl (C=O) groups excluding carboxylic acids is 1. The standard InChI is InChI=1S/C17H20N2O3/c1-10-4-7-14(8-11(10)2)21-9-15-12(3)22-19-16(15)17(20)18-13-5-6-13/h4,7-8,13H,5-6,9H2,1-3H3,(H,18,20). The second-order valence-electron chi connectivity index (χ2n) is 5.85. The van der Waals surface area contributed by atoms with Gasteiger partial charge in [0.2, 0.25) is 0 Å². The van der Waals surface area contributed by atoms with Gasteiger partial charge in [0.15, 0.2) is 5.69 Å². The summed E-state index contributed by atoms with van der Waals surface area (Å²) in [6.45, 7) is 6.16. The summed E-state index contributed by atoms with van der Waals surface area (Å²) in [5.41, 5.74) is 3.42. The number of ether oxygens (including phenoxy) is 1. The molecule has 2 aromatic rings. The average Bonchev–Trinajstić information content (AvgIpc) is 3.22. The lowest BCUT2D eigenvalue weighted by molar-refractivity contribution is 0.0940. The van der Waals surface area contributed by atoms with Gasteiger partial charge in [0, 0.05) is 6.04 Å². The van der Waals surface area contributed by atoms with Gasteiger partial charge in [0.25, 0.3) is 5.91 Å². The van der Waals surface area contributed by atoms with Gasteiger partial charge in [-0.2, -0.15) is 0 Å². The molecule has 0 spiro atoms. The number of nitrogens with zero attached hydrogens (tertiary/aromatic N) is 1. The normalized spacial score (nSPS) is 14.0. The van der Waals surface area contributed by atoms with Gasteiger partial charge in [-0.05, 0) is 56.9 Å². The van der Waals surface area contributed by atoms with Crippen LogP contribution < -0.4 is 10.1 Å². The summed E-state index contributed by atoms with van der Waals surface area (Å²) in [7, 11) is 0. The first kappa shape index (κ1) is 14.6. The molecule has 0 atom stereocenters. The van der Waals surface area contributed by atoms with E-state index in [1.165, 1.54) is 11.1 Å². The molecule has 0 aliphatic heterocycles. The van der Waals surface area contributed by atoms with Crippen molar-refractivity contribution in [3.05, 3.63) is 46.3 Å². The lowest BCUT2D eigenvalue weighted by Crippen LogP contribution is -2.26. The van der Waals surface area contributed by atoms with Crippen molar-refractivity contribution in [3.63, 3.8) is 0 Å². The number of aromatic nitrogens is 1. The molecule has 0 bridgehead atoms. The summed E-state index contributed by atoms with van der Waals surface area (Å²) < 4.78 is 11.0. The smallest absolute Gasteiger partial charge is 0.274 e. The number of rotatable bonds is 5. The molecule has 0 radical (unpaired) electrons. The fraction of sp³-hybridized carbons (Fsp3) is 0.412. The predicted octanol–water partition coefficient (Wildman–Crippen LogP) is 3.07. The van der Waals surface area contributed by atoms with Crippen molar-refractivity contribution in [1.82, 2.24) is 10.5 Å². The van der Waals surface area contributed by atoms with E-state index < -0.39 is 0 Å². The van der Waals surface area contributed by atoms with Crippen LogP contribution in [0.15, 0.2) is 22.7 Å². The van der Waals surface area contributed by atoms with E-state index in [1.807, 2.05) is 25.1 Å². The van der Waals surface area contributed by atoms with Gasteiger partial charge in [-0.15, -0.1) is 0 Å². The highest BCUT2D eigenvalue weighted by molar-refractivity contribution is 5.94. The van der Waals surface area contributed by atoms with Crippen molar-refractivity contribution < 1.29 is 14.1 Å². The van der Waals surface area contributed by atoms with Crippen LogP contribution in [0.2, 0.25) is 0 Å². The number of hydrogen-bond acceptors (Lipinski definition) is 4. The number of nitrogens with one attached hydrogen (secondary N) is 1. The molecule has 22 heavy (non-hydrogen) atoms. The van der Waals surface area contributed by atoms with E-state index in [9.17, 15) is 4.79 Å². The maximum absolute atomic E-state index is 12.2. The lowest BCUT2D eigenvalue weighted by Gasteiger charge is -2.09. The van der Waals surface area contributed by atoms with Crippen LogP contribution >= 0.6 is 0 Å². The first-order valence-electron chi connectivity index (χ1n) is 7.50. The summed E-state index contributed by atoms with van der Waals surface area (Å²) in [6.07, 6.45) is 2.08. The molecule has 1 fully saturated rings. The Bertz CT molecular complexity index is 702. The lowest BCUT2D eigenvalue weighted by atomic mass is 10.1. The summed E-state index contributed by atoms with van der Waals surface area (Å²) in [5, 5.41) is 6.80. The van der Waals surface area contributed by atoms with Crippen molar-refractivity contribution in [2.24, 2.45) is 0 Å². The first-order valence-corrected chi connectivity index (χ1v) is 7.50. The fourth-order valence-corrected chi connectivity index (χ4v) is 2.18. The predicted molar refractivity (Wildman–Crippen MR) is 82.0 cm³/mol. The molecule has 3 rings (SSSR count). The fourth-order valence-electron chi connectivity index (χ4n) is 2.18. The van der Waals surface area contributed by atoms with Crippen LogP contribution in [0.25, 0.3) is 0 Å². The van der Waals surface area contributed by atoms with Gasteiger partial charge >= 0.3 is 0 Å². The zero-order valence-corrected chi connectivity index (χ0v) is 13.1. The molecule has 1 aliphatic rings. The molecule has 116 valence electrons. The Labute approximate surface area is 129 Å². The minimum Gasteiger partial charge on any atom is -0.489 e. The maximum atomic E-state index is 12.2. The van der Waals surface area contributed by atoms with E-state index in [-0.39, 0.29) is 18.6 Å². The summed E-state index contributed by atoms with van der Waals surface area (Å²) in [6, 6.07) is 6.22. The number of benzene rings is 1. The largest absolute Gasteiger partial charge is 0.489 e. The molecule has 5 nitrogen and oxygen atoms in total. The van der Waals surface area contributed by atoms with Gasteiger partial charge in [0.05, 0.1) is 5.56 Å². The molecule has 0 unspecified atom stereocenters. The SMILES string of the molecule is Cc1ccc(OCc2c(C(=O)NC3CC3)noc2C)cc1C. The van der Waals surface area contributed by atoms with E-state index in [0.717, 1.165) is 18.6 Å². The summed E-state index contributed by atoms with van der Waals surface area (Å²) in [5.74, 6) is 1.21. The third-order valence-electron chi connectivity index (χ3n) is 3.97. The van der Waals surface area contributed by atoms with E-state index in [0.29, 0.717) is 17.0 Å². The number of amides is 1. The highest BCUT2D eigenvalue weighted by Gasteiger charge is 2.27. The molecule has 5 heteroatoms. The monoisotopic (exact) mass is 300 g/mol. The van der Waals surface area contributed by atoms with Crippen LogP contribution in [0, 0.1) is 20.8 Å². The highest BCUT2D eigenvalue weighted by Crippen LogP contribution is 2.22. The zero-order chi connectivity index (χ0) is 15.7. The second kappa shape index (κ2) is 5.83. The molecule has 1 aliphatic carbocycles. The Morgan fingerprint density at radius 1 is 1.32 bits per heavy atom. The number of aryl methyl sites for hydroxylation is 3. The Kier molecular flexibility index (Phi) is 3.88. The second-order valence-corrected chi connectivity index (χ2v) is 5.85. The van der Waals surface area contributed by atoms with Gasteiger partial charge in [-0.3, -0.25) is 4.79 Å². The molecule has 1 saturated carbocycles. The van der Waals surface area contributed by atoms with Gasteiger partial charge < -0.3 is 14.6 Å². The van der Waals surface area contributed by atoms with Crippen LogP contribution in [-0.4, -0.2) is 17.1 Å². The van der Waals surface area contributed by atoms with Crippen molar-refractivity contribution >= 4 is 5.91 Å². The van der Waals surface area contributed by atoms with Crippen LogP contribution in [0.1, 0.15) is 45.8 Å². The van der Waals surface area contributed by atoms with Crippen LogP contribution in [0.3, 0.4) is 0 Å². The quantitative estimate of drug-likeness (QED) is 0.921. The number of hydrogen-bond donors (Lipinski definition) is 1. The minimum absolute atomic E-state index is 0.182. The van der Waals surface area contributed by atoms with Crippen LogP contribution in [-0.2, 0) is 6.61 Å². The van der Waals surface area contributed by atoms with E-state index in [4.69, 9.17) is 9.26 Å². The summed E-state index contributed by atoms with van der Waals surface area (Å²) >= 11 is 0. The topological polar surface area (TPSA) is 64.4 Å². The molecule has 1 aromatic heterocycles. The zero-order valence-electron chi connectivity index (χ0n) is 13.1. The molecule has 1 amide bonds. The minimum atomic E-state index is -0.182. The average molecular weight is 300 g/mol. The molecule has 1 heterocycles. The molecular formula is C17H20N2O3. The Morgan fingerprint density at radius 3 is 2.77 bits per heavy atom. The van der Waals surface area contributed by atoms with E-state index in [1.54, 1.807) is 6.92 Å². The molecular weight excluding hydrogens is 280 g/mol. The van der Waals surface area contributed by atoms with Crippen molar-refractivity contribution in [2.75, 3.05) is 0 Å².